The number of rotatable bonds is 9. The number of nitrogens with one attached hydrogen (secondary N) is 1. The number of benzene rings is 2. The minimum Gasteiger partial charge on any atom is -0.496 e. The number of nitrogens with zero attached hydrogens (tertiary/aromatic N) is 1. The second kappa shape index (κ2) is 10.1. The van der Waals surface area contributed by atoms with Gasteiger partial charge in [0.2, 0.25) is 0 Å². The molecule has 0 saturated carbocycles. The minimum absolute atomic E-state index is 0.223. The molecule has 28 heavy (non-hydrogen) atoms. The number of hydrogen-bond acceptors (Lipinski definition) is 7. The third kappa shape index (κ3) is 5.71. The SMILES string of the molecule is COc1ccccc1CNC(=O)COC(=O)CCSc1nc2ccccc2s1. The van der Waals surface area contributed by atoms with Crippen LogP contribution in [0.2, 0.25) is 0 Å². The first kappa shape index (κ1) is 20.2. The predicted molar refractivity (Wildman–Crippen MR) is 111 cm³/mol. The molecule has 0 spiro atoms. The van der Waals surface area contributed by atoms with Crippen molar-refractivity contribution in [2.75, 3.05) is 19.5 Å². The number of aromatic nitrogens is 1. The van der Waals surface area contributed by atoms with Gasteiger partial charge in [-0.2, -0.15) is 0 Å². The monoisotopic (exact) mass is 416 g/mol. The fourth-order valence-electron chi connectivity index (χ4n) is 2.45. The van der Waals surface area contributed by atoms with Gasteiger partial charge in [0.15, 0.2) is 10.9 Å². The van der Waals surface area contributed by atoms with Crippen LogP contribution in [0.15, 0.2) is 52.9 Å². The number of ether oxygens (including phenoxy) is 2. The summed E-state index contributed by atoms with van der Waals surface area (Å²) in [5.41, 5.74) is 1.82. The lowest BCUT2D eigenvalue weighted by atomic mass is 10.2. The highest BCUT2D eigenvalue weighted by atomic mass is 32.2. The Morgan fingerprint density at radius 3 is 2.75 bits per heavy atom. The van der Waals surface area contributed by atoms with Crippen molar-refractivity contribution in [3.05, 3.63) is 54.1 Å². The zero-order chi connectivity index (χ0) is 19.8. The Balaban J connectivity index is 1.35. The van der Waals surface area contributed by atoms with Gasteiger partial charge in [0, 0.05) is 17.9 Å². The summed E-state index contributed by atoms with van der Waals surface area (Å²) >= 11 is 3.11. The maximum atomic E-state index is 11.9. The number of carbonyl (C=O) groups is 2. The number of hydrogen-bond donors (Lipinski definition) is 1. The molecular formula is C20H20N2O4S2. The van der Waals surface area contributed by atoms with Crippen molar-refractivity contribution in [3.8, 4) is 5.75 Å². The van der Waals surface area contributed by atoms with Crippen molar-refractivity contribution in [2.24, 2.45) is 0 Å². The molecule has 0 radical (unpaired) electrons. The van der Waals surface area contributed by atoms with Crippen LogP contribution in [-0.4, -0.2) is 36.3 Å². The highest BCUT2D eigenvalue weighted by Crippen LogP contribution is 2.29. The molecule has 0 atom stereocenters. The summed E-state index contributed by atoms with van der Waals surface area (Å²) < 4.78 is 12.3. The molecule has 2 aromatic carbocycles. The number of methoxy groups -OCH3 is 1. The van der Waals surface area contributed by atoms with Gasteiger partial charge in [0.1, 0.15) is 5.75 Å². The van der Waals surface area contributed by atoms with E-state index in [1.807, 2.05) is 48.5 Å². The van der Waals surface area contributed by atoms with Gasteiger partial charge in [-0.15, -0.1) is 11.3 Å². The number of amides is 1. The van der Waals surface area contributed by atoms with Crippen LogP contribution in [0, 0.1) is 0 Å². The van der Waals surface area contributed by atoms with Gasteiger partial charge in [0.25, 0.3) is 5.91 Å². The van der Waals surface area contributed by atoms with Crippen LogP contribution < -0.4 is 10.1 Å². The number of para-hydroxylation sites is 2. The highest BCUT2D eigenvalue weighted by Gasteiger charge is 2.10. The van der Waals surface area contributed by atoms with Gasteiger partial charge in [-0.25, -0.2) is 4.98 Å². The molecule has 0 bridgehead atoms. The van der Waals surface area contributed by atoms with E-state index in [1.54, 1.807) is 18.4 Å². The molecule has 1 N–H and O–H groups in total. The summed E-state index contributed by atoms with van der Waals surface area (Å²) in [6, 6.07) is 15.3. The van der Waals surface area contributed by atoms with Crippen LogP contribution >= 0.6 is 23.1 Å². The molecule has 0 aliphatic rings. The predicted octanol–water partition coefficient (Wildman–Crippen LogP) is 3.65. The van der Waals surface area contributed by atoms with Gasteiger partial charge in [-0.1, -0.05) is 42.1 Å². The smallest absolute Gasteiger partial charge is 0.307 e. The molecule has 1 heterocycles. The Labute approximate surface area is 171 Å². The lowest BCUT2D eigenvalue weighted by Crippen LogP contribution is -2.28. The average Bonchev–Trinajstić information content (AvgIpc) is 3.13. The van der Waals surface area contributed by atoms with E-state index in [9.17, 15) is 9.59 Å². The molecule has 1 aromatic heterocycles. The number of carbonyl (C=O) groups excluding carboxylic acids is 2. The van der Waals surface area contributed by atoms with Gasteiger partial charge in [-0.3, -0.25) is 9.59 Å². The summed E-state index contributed by atoms with van der Waals surface area (Å²) in [6.07, 6.45) is 0.223. The van der Waals surface area contributed by atoms with E-state index in [1.165, 1.54) is 11.8 Å². The summed E-state index contributed by atoms with van der Waals surface area (Å²) in [7, 11) is 1.58. The summed E-state index contributed by atoms with van der Waals surface area (Å²) in [5.74, 6) is 0.507. The fourth-order valence-corrected chi connectivity index (χ4v) is 4.50. The maximum absolute atomic E-state index is 11.9. The Kier molecular flexibility index (Phi) is 7.27. The first-order valence-corrected chi connectivity index (χ1v) is 10.5. The van der Waals surface area contributed by atoms with Crippen LogP contribution in [0.5, 0.6) is 5.75 Å². The zero-order valence-corrected chi connectivity index (χ0v) is 17.0. The van der Waals surface area contributed by atoms with Crippen molar-refractivity contribution in [3.63, 3.8) is 0 Å². The second-order valence-corrected chi connectivity index (χ2v) is 8.17. The molecule has 6 nitrogen and oxygen atoms in total. The molecule has 3 aromatic rings. The van der Waals surface area contributed by atoms with E-state index < -0.39 is 5.97 Å². The van der Waals surface area contributed by atoms with Crippen LogP contribution in [0.25, 0.3) is 10.2 Å². The topological polar surface area (TPSA) is 77.5 Å². The van der Waals surface area contributed by atoms with Crippen molar-refractivity contribution >= 4 is 45.2 Å². The fraction of sp³-hybridized carbons (Fsp3) is 0.250. The maximum Gasteiger partial charge on any atom is 0.307 e. The minimum atomic E-state index is -0.402. The van der Waals surface area contributed by atoms with Crippen molar-refractivity contribution < 1.29 is 19.1 Å². The molecule has 3 rings (SSSR count). The van der Waals surface area contributed by atoms with Gasteiger partial charge in [0.05, 0.1) is 23.7 Å². The Hall–Kier alpha value is -2.58. The standard InChI is InChI=1S/C20H20N2O4S2/c1-25-16-8-4-2-6-14(16)12-21-18(23)13-26-19(24)10-11-27-20-22-15-7-3-5-9-17(15)28-20/h2-9H,10-13H2,1H3,(H,21,23). The van der Waals surface area contributed by atoms with Crippen LogP contribution in [-0.2, 0) is 20.9 Å². The molecule has 0 saturated heterocycles. The summed E-state index contributed by atoms with van der Waals surface area (Å²) in [4.78, 5) is 28.2. The largest absolute Gasteiger partial charge is 0.496 e. The van der Waals surface area contributed by atoms with E-state index in [2.05, 4.69) is 10.3 Å². The van der Waals surface area contributed by atoms with E-state index in [4.69, 9.17) is 9.47 Å². The van der Waals surface area contributed by atoms with Crippen LogP contribution in [0.4, 0.5) is 0 Å². The van der Waals surface area contributed by atoms with E-state index in [0.29, 0.717) is 18.0 Å². The Morgan fingerprint density at radius 1 is 1.14 bits per heavy atom. The van der Waals surface area contributed by atoms with Crippen molar-refractivity contribution in [2.45, 2.75) is 17.3 Å². The van der Waals surface area contributed by atoms with E-state index >= 15 is 0 Å². The zero-order valence-electron chi connectivity index (χ0n) is 15.3. The van der Waals surface area contributed by atoms with Crippen molar-refractivity contribution in [1.82, 2.24) is 10.3 Å². The highest BCUT2D eigenvalue weighted by molar-refractivity contribution is 8.01. The number of thiazole rings is 1. The summed E-state index contributed by atoms with van der Waals surface area (Å²) in [6.45, 7) is 0.0215. The van der Waals surface area contributed by atoms with Gasteiger partial charge >= 0.3 is 5.97 Å². The molecule has 8 heteroatoms. The number of thioether (sulfide) groups is 1. The molecule has 0 aliphatic heterocycles. The Bertz CT molecular complexity index is 925. The quantitative estimate of drug-likeness (QED) is 0.424. The van der Waals surface area contributed by atoms with Crippen molar-refractivity contribution in [1.29, 1.82) is 0 Å². The summed E-state index contributed by atoms with van der Waals surface area (Å²) in [5, 5.41) is 2.72. The van der Waals surface area contributed by atoms with E-state index in [-0.39, 0.29) is 18.9 Å². The van der Waals surface area contributed by atoms with Gasteiger partial charge in [-0.05, 0) is 18.2 Å². The lowest BCUT2D eigenvalue weighted by Gasteiger charge is -2.09. The van der Waals surface area contributed by atoms with E-state index in [0.717, 1.165) is 20.1 Å². The van der Waals surface area contributed by atoms with Gasteiger partial charge < -0.3 is 14.8 Å². The van der Waals surface area contributed by atoms with Crippen LogP contribution in [0.3, 0.4) is 0 Å². The molecule has 0 fully saturated rings. The third-order valence-electron chi connectivity index (χ3n) is 3.84. The average molecular weight is 417 g/mol. The Morgan fingerprint density at radius 2 is 1.93 bits per heavy atom. The van der Waals surface area contributed by atoms with Crippen LogP contribution in [0.1, 0.15) is 12.0 Å². The molecule has 0 unspecified atom stereocenters. The third-order valence-corrected chi connectivity index (χ3v) is 6.02. The first-order valence-electron chi connectivity index (χ1n) is 8.68. The lowest BCUT2D eigenvalue weighted by molar-refractivity contribution is -0.148. The molecule has 0 aliphatic carbocycles. The number of esters is 1. The molecule has 146 valence electrons. The second-order valence-electron chi connectivity index (χ2n) is 5.80. The normalized spacial score (nSPS) is 10.6. The molecule has 1 amide bonds. The molecular weight excluding hydrogens is 396 g/mol. The number of fused-ring (bicyclic) bond motifs is 1. The first-order chi connectivity index (χ1) is 13.7.